The topological polar surface area (TPSA) is 46.5 Å². The van der Waals surface area contributed by atoms with E-state index < -0.39 is 5.97 Å². The summed E-state index contributed by atoms with van der Waals surface area (Å²) < 4.78 is 5.46. The third kappa shape index (κ3) is 18.7. The minimum Gasteiger partial charge on any atom is -0.481 e. The fourth-order valence-corrected chi connectivity index (χ4v) is 1.79. The van der Waals surface area contributed by atoms with Crippen molar-refractivity contribution in [1.29, 1.82) is 0 Å². The highest BCUT2D eigenvalue weighted by Gasteiger charge is 1.90. The highest BCUT2D eigenvalue weighted by molar-refractivity contribution is 5.66. The first-order valence-electron chi connectivity index (χ1n) is 8.11. The van der Waals surface area contributed by atoms with E-state index in [4.69, 9.17) is 9.84 Å². The molecule has 0 fully saturated rings. The standard InChI is InChI=1S/C18H30O3/c1-2-3-4-5-6-7-10-13-16-21-17-14-11-8-9-12-15-18(19)20/h9-11,13H,2-7,12,14-17H2,1H3,(H,19,20)/b13-10-. The van der Waals surface area contributed by atoms with E-state index in [0.717, 1.165) is 12.8 Å². The van der Waals surface area contributed by atoms with E-state index in [9.17, 15) is 4.79 Å². The predicted molar refractivity (Wildman–Crippen MR) is 87.5 cm³/mol. The van der Waals surface area contributed by atoms with Crippen LogP contribution in [0.15, 0.2) is 30.0 Å². The fourth-order valence-electron chi connectivity index (χ4n) is 1.79. The summed E-state index contributed by atoms with van der Waals surface area (Å²) in [6, 6.07) is 0. The van der Waals surface area contributed by atoms with E-state index in [1.54, 1.807) is 6.08 Å². The largest absolute Gasteiger partial charge is 0.481 e. The molecule has 1 N–H and O–H groups in total. The van der Waals surface area contributed by atoms with Crippen molar-refractivity contribution in [3.05, 3.63) is 30.0 Å². The van der Waals surface area contributed by atoms with Crippen molar-refractivity contribution in [3.63, 3.8) is 0 Å². The van der Waals surface area contributed by atoms with Crippen LogP contribution in [0.25, 0.3) is 0 Å². The van der Waals surface area contributed by atoms with Crippen LogP contribution < -0.4 is 0 Å². The second kappa shape index (κ2) is 16.7. The van der Waals surface area contributed by atoms with Crippen LogP contribution in [0.5, 0.6) is 0 Å². The Balaban J connectivity index is 3.27. The fraction of sp³-hybridized carbons (Fsp3) is 0.667. The van der Waals surface area contributed by atoms with Gasteiger partial charge in [-0.05, 0) is 37.8 Å². The summed E-state index contributed by atoms with van der Waals surface area (Å²) in [5.41, 5.74) is 2.96. The average molecular weight is 294 g/mol. The molecule has 0 spiro atoms. The van der Waals surface area contributed by atoms with E-state index >= 15 is 0 Å². The number of carboxylic acid groups (broad SMARTS) is 1. The van der Waals surface area contributed by atoms with Crippen LogP contribution in [0.2, 0.25) is 0 Å². The molecule has 0 saturated heterocycles. The molecule has 0 atom stereocenters. The maximum absolute atomic E-state index is 10.3. The van der Waals surface area contributed by atoms with Gasteiger partial charge >= 0.3 is 5.97 Å². The Morgan fingerprint density at radius 1 is 1.05 bits per heavy atom. The van der Waals surface area contributed by atoms with Crippen LogP contribution in [0.4, 0.5) is 0 Å². The Kier molecular flexibility index (Phi) is 15.7. The normalized spacial score (nSPS) is 10.5. The van der Waals surface area contributed by atoms with Gasteiger partial charge < -0.3 is 9.84 Å². The number of aliphatic carboxylic acids is 1. The summed E-state index contributed by atoms with van der Waals surface area (Å²) >= 11 is 0. The summed E-state index contributed by atoms with van der Waals surface area (Å²) in [5.74, 6) is -0.770. The van der Waals surface area contributed by atoms with Gasteiger partial charge in [-0.1, -0.05) is 44.8 Å². The molecule has 3 nitrogen and oxygen atoms in total. The Hall–Kier alpha value is -1.31. The number of unbranched alkanes of at least 4 members (excludes halogenated alkanes) is 5. The van der Waals surface area contributed by atoms with Crippen molar-refractivity contribution in [2.24, 2.45) is 0 Å². The Labute approximate surface area is 129 Å². The molecule has 0 aliphatic carbocycles. The lowest BCUT2D eigenvalue weighted by Gasteiger charge is -1.97. The average Bonchev–Trinajstić information content (AvgIpc) is 2.46. The molecule has 0 aromatic rings. The SMILES string of the molecule is CCCCCCC/C=C\COCCC=C=CCCC(=O)O. The van der Waals surface area contributed by atoms with E-state index in [1.165, 1.54) is 32.1 Å². The molecule has 120 valence electrons. The zero-order chi connectivity index (χ0) is 15.6. The lowest BCUT2D eigenvalue weighted by atomic mass is 10.1. The predicted octanol–water partition coefficient (Wildman–Crippen LogP) is 4.89. The number of allylic oxidation sites excluding steroid dienone is 1. The lowest BCUT2D eigenvalue weighted by molar-refractivity contribution is -0.136. The van der Waals surface area contributed by atoms with Crippen LogP contribution in [0.3, 0.4) is 0 Å². The first kappa shape index (κ1) is 19.7. The number of rotatable bonds is 14. The highest BCUT2D eigenvalue weighted by atomic mass is 16.5. The van der Waals surface area contributed by atoms with Gasteiger partial charge in [-0.25, -0.2) is 0 Å². The number of ether oxygens (including phenoxy) is 1. The van der Waals surface area contributed by atoms with Crippen molar-refractivity contribution in [2.75, 3.05) is 13.2 Å². The molecule has 0 aliphatic rings. The zero-order valence-electron chi connectivity index (χ0n) is 13.4. The first-order chi connectivity index (χ1) is 10.3. The summed E-state index contributed by atoms with van der Waals surface area (Å²) in [7, 11) is 0. The van der Waals surface area contributed by atoms with Crippen LogP contribution in [-0.2, 0) is 9.53 Å². The van der Waals surface area contributed by atoms with Gasteiger partial charge in [0.1, 0.15) is 0 Å². The van der Waals surface area contributed by atoms with Gasteiger partial charge in [0.05, 0.1) is 13.2 Å². The molecule has 0 rings (SSSR count). The Morgan fingerprint density at radius 2 is 1.81 bits per heavy atom. The first-order valence-corrected chi connectivity index (χ1v) is 8.11. The van der Waals surface area contributed by atoms with Gasteiger partial charge in [0, 0.05) is 6.42 Å². The van der Waals surface area contributed by atoms with Gasteiger partial charge in [0.15, 0.2) is 0 Å². The molecule has 0 saturated carbocycles. The van der Waals surface area contributed by atoms with E-state index in [2.05, 4.69) is 24.8 Å². The summed E-state index contributed by atoms with van der Waals surface area (Å²) in [5, 5.41) is 8.44. The van der Waals surface area contributed by atoms with Gasteiger partial charge in [-0.2, -0.15) is 0 Å². The number of carboxylic acids is 1. The number of carbonyl (C=O) groups is 1. The van der Waals surface area contributed by atoms with Crippen molar-refractivity contribution in [2.45, 2.75) is 64.7 Å². The van der Waals surface area contributed by atoms with Gasteiger partial charge in [-0.3, -0.25) is 4.79 Å². The Bertz CT molecular complexity index is 325. The van der Waals surface area contributed by atoms with E-state index in [1.807, 2.05) is 6.08 Å². The van der Waals surface area contributed by atoms with Crippen LogP contribution in [0, 0.1) is 0 Å². The third-order valence-electron chi connectivity index (χ3n) is 3.00. The minimum atomic E-state index is -0.770. The van der Waals surface area contributed by atoms with Crippen molar-refractivity contribution >= 4 is 5.97 Å². The molecule has 0 amide bonds. The van der Waals surface area contributed by atoms with Gasteiger partial charge in [-0.15, -0.1) is 5.73 Å². The highest BCUT2D eigenvalue weighted by Crippen LogP contribution is 2.05. The monoisotopic (exact) mass is 294 g/mol. The van der Waals surface area contributed by atoms with Crippen LogP contribution in [-0.4, -0.2) is 24.3 Å². The van der Waals surface area contributed by atoms with Gasteiger partial charge in [0.25, 0.3) is 0 Å². The second-order valence-corrected chi connectivity index (χ2v) is 5.05. The summed E-state index contributed by atoms with van der Waals surface area (Å²) in [4.78, 5) is 10.3. The van der Waals surface area contributed by atoms with Crippen LogP contribution >= 0.6 is 0 Å². The summed E-state index contributed by atoms with van der Waals surface area (Å²) in [6.45, 7) is 3.59. The second-order valence-electron chi connectivity index (χ2n) is 5.05. The molecule has 0 heterocycles. The number of hydrogen-bond donors (Lipinski definition) is 1. The molecule has 0 aliphatic heterocycles. The molecular weight excluding hydrogens is 264 g/mol. The zero-order valence-corrected chi connectivity index (χ0v) is 13.4. The van der Waals surface area contributed by atoms with Crippen molar-refractivity contribution < 1.29 is 14.6 Å². The van der Waals surface area contributed by atoms with E-state index in [-0.39, 0.29) is 6.42 Å². The molecule has 0 unspecified atom stereocenters. The number of hydrogen-bond acceptors (Lipinski definition) is 2. The van der Waals surface area contributed by atoms with E-state index in [0.29, 0.717) is 19.6 Å². The van der Waals surface area contributed by atoms with Crippen molar-refractivity contribution in [3.8, 4) is 0 Å². The molecule has 0 aromatic carbocycles. The quantitative estimate of drug-likeness (QED) is 0.282. The molecule has 0 aromatic heterocycles. The maximum atomic E-state index is 10.3. The molecule has 0 bridgehead atoms. The lowest BCUT2D eigenvalue weighted by Crippen LogP contribution is -1.92. The van der Waals surface area contributed by atoms with Crippen molar-refractivity contribution in [1.82, 2.24) is 0 Å². The molecule has 0 radical (unpaired) electrons. The Morgan fingerprint density at radius 3 is 2.57 bits per heavy atom. The molecule has 21 heavy (non-hydrogen) atoms. The minimum absolute atomic E-state index is 0.167. The maximum Gasteiger partial charge on any atom is 0.303 e. The molecule has 3 heteroatoms. The van der Waals surface area contributed by atoms with Crippen LogP contribution in [0.1, 0.15) is 64.7 Å². The summed E-state index contributed by atoms with van der Waals surface area (Å²) in [6.07, 6.45) is 17.2. The van der Waals surface area contributed by atoms with Gasteiger partial charge in [0.2, 0.25) is 0 Å². The third-order valence-corrected chi connectivity index (χ3v) is 3.00. The molecular formula is C18H30O3. The smallest absolute Gasteiger partial charge is 0.303 e.